The van der Waals surface area contributed by atoms with Gasteiger partial charge in [-0.2, -0.15) is 0 Å². The van der Waals surface area contributed by atoms with E-state index in [4.69, 9.17) is 33.3 Å². The zero-order valence-electron chi connectivity index (χ0n) is 15.5. The molecule has 0 aromatic heterocycles. The first kappa shape index (κ1) is 21.0. The number of rotatable bonds is 7. The first-order chi connectivity index (χ1) is 13.0. The Labute approximate surface area is 170 Å². The standard InChI is InChI=1S/C20H23ClN2O3S/c1-4-18(13-6-9-15(25-3)10-7-13)23-20(27)22-14-8-11-16(17(21)12-14)19(24)26-5-2/h6-12,18H,4-5H2,1-3H3,(H2,22,23,27). The van der Waals surface area contributed by atoms with Crippen molar-refractivity contribution in [3.05, 3.63) is 58.6 Å². The highest BCUT2D eigenvalue weighted by atomic mass is 35.5. The fraction of sp³-hybridized carbons (Fsp3) is 0.300. The zero-order valence-corrected chi connectivity index (χ0v) is 17.1. The summed E-state index contributed by atoms with van der Waals surface area (Å²) in [5.41, 5.74) is 2.13. The lowest BCUT2D eigenvalue weighted by Crippen LogP contribution is -2.32. The predicted molar refractivity (Wildman–Crippen MR) is 113 cm³/mol. The number of hydrogen-bond acceptors (Lipinski definition) is 4. The van der Waals surface area contributed by atoms with E-state index in [1.807, 2.05) is 24.3 Å². The molecule has 2 aromatic rings. The highest BCUT2D eigenvalue weighted by Gasteiger charge is 2.14. The number of esters is 1. The number of carbonyl (C=O) groups is 1. The Balaban J connectivity index is 2.03. The van der Waals surface area contributed by atoms with E-state index in [0.29, 0.717) is 28.0 Å². The Morgan fingerprint density at radius 3 is 2.44 bits per heavy atom. The summed E-state index contributed by atoms with van der Waals surface area (Å²) in [5, 5.41) is 7.17. The average Bonchev–Trinajstić information content (AvgIpc) is 2.66. The van der Waals surface area contributed by atoms with Gasteiger partial charge >= 0.3 is 5.97 Å². The van der Waals surface area contributed by atoms with Crippen LogP contribution in [0.25, 0.3) is 0 Å². The molecule has 7 heteroatoms. The van der Waals surface area contributed by atoms with Crippen LogP contribution in [0.5, 0.6) is 5.75 Å². The van der Waals surface area contributed by atoms with Crippen LogP contribution in [0.4, 0.5) is 5.69 Å². The fourth-order valence-electron chi connectivity index (χ4n) is 2.55. The molecule has 0 radical (unpaired) electrons. The lowest BCUT2D eigenvalue weighted by atomic mass is 10.0. The smallest absolute Gasteiger partial charge is 0.339 e. The number of thiocarbonyl (C=S) groups is 1. The minimum absolute atomic E-state index is 0.0604. The molecular formula is C20H23ClN2O3S. The average molecular weight is 407 g/mol. The van der Waals surface area contributed by atoms with Crippen LogP contribution in [0.2, 0.25) is 5.02 Å². The van der Waals surface area contributed by atoms with E-state index in [9.17, 15) is 4.79 Å². The van der Waals surface area contributed by atoms with Gasteiger partial charge in [0.1, 0.15) is 5.75 Å². The minimum atomic E-state index is -0.444. The minimum Gasteiger partial charge on any atom is -0.497 e. The van der Waals surface area contributed by atoms with Crippen molar-refractivity contribution in [2.45, 2.75) is 26.3 Å². The molecule has 144 valence electrons. The largest absolute Gasteiger partial charge is 0.497 e. The molecule has 0 aliphatic heterocycles. The number of halogens is 1. The van der Waals surface area contributed by atoms with Crippen molar-refractivity contribution >= 4 is 40.6 Å². The van der Waals surface area contributed by atoms with E-state index in [0.717, 1.165) is 17.7 Å². The third-order valence-corrected chi connectivity index (χ3v) is 4.49. The van der Waals surface area contributed by atoms with Gasteiger partial charge in [-0.15, -0.1) is 0 Å². The van der Waals surface area contributed by atoms with Gasteiger partial charge in [0, 0.05) is 5.69 Å². The van der Waals surface area contributed by atoms with Gasteiger partial charge in [-0.1, -0.05) is 30.7 Å². The molecule has 0 aliphatic carbocycles. The van der Waals surface area contributed by atoms with E-state index in [1.54, 1.807) is 32.2 Å². The number of ether oxygens (including phenoxy) is 2. The maximum absolute atomic E-state index is 11.8. The molecule has 0 saturated heterocycles. The van der Waals surface area contributed by atoms with Crippen molar-refractivity contribution in [3.8, 4) is 5.75 Å². The van der Waals surface area contributed by atoms with Crippen LogP contribution < -0.4 is 15.4 Å². The molecule has 2 rings (SSSR count). The van der Waals surface area contributed by atoms with Crippen LogP contribution in [-0.2, 0) is 4.74 Å². The summed E-state index contributed by atoms with van der Waals surface area (Å²) >= 11 is 11.6. The van der Waals surface area contributed by atoms with Crippen molar-refractivity contribution < 1.29 is 14.3 Å². The van der Waals surface area contributed by atoms with Crippen molar-refractivity contribution in [3.63, 3.8) is 0 Å². The molecule has 0 aliphatic rings. The lowest BCUT2D eigenvalue weighted by molar-refractivity contribution is 0.0526. The van der Waals surface area contributed by atoms with Gasteiger partial charge in [0.25, 0.3) is 0 Å². The first-order valence-electron chi connectivity index (χ1n) is 8.66. The molecule has 5 nitrogen and oxygen atoms in total. The number of anilines is 1. The maximum Gasteiger partial charge on any atom is 0.339 e. The predicted octanol–water partition coefficient (Wildman–Crippen LogP) is 4.96. The van der Waals surface area contributed by atoms with E-state index in [-0.39, 0.29) is 6.04 Å². The molecule has 27 heavy (non-hydrogen) atoms. The van der Waals surface area contributed by atoms with Gasteiger partial charge in [-0.25, -0.2) is 4.79 Å². The fourth-order valence-corrected chi connectivity index (χ4v) is 3.07. The summed E-state index contributed by atoms with van der Waals surface area (Å²) in [5.74, 6) is 0.367. The van der Waals surface area contributed by atoms with Gasteiger partial charge in [-0.05, 0) is 61.5 Å². The third kappa shape index (κ3) is 5.84. The van der Waals surface area contributed by atoms with Crippen molar-refractivity contribution in [2.75, 3.05) is 19.0 Å². The lowest BCUT2D eigenvalue weighted by Gasteiger charge is -2.20. The third-order valence-electron chi connectivity index (χ3n) is 3.95. The van der Waals surface area contributed by atoms with E-state index in [2.05, 4.69) is 17.6 Å². The van der Waals surface area contributed by atoms with Gasteiger partial charge < -0.3 is 20.1 Å². The van der Waals surface area contributed by atoms with Crippen LogP contribution >= 0.6 is 23.8 Å². The first-order valence-corrected chi connectivity index (χ1v) is 9.45. The molecule has 0 fully saturated rings. The van der Waals surface area contributed by atoms with E-state index < -0.39 is 5.97 Å². The molecular weight excluding hydrogens is 384 g/mol. The second kappa shape index (κ2) is 10.1. The molecule has 0 spiro atoms. The molecule has 2 aromatic carbocycles. The number of nitrogens with one attached hydrogen (secondary N) is 2. The molecule has 0 bridgehead atoms. The Kier molecular flexibility index (Phi) is 7.88. The SMILES string of the molecule is CCOC(=O)c1ccc(NC(=S)NC(CC)c2ccc(OC)cc2)cc1Cl. The topological polar surface area (TPSA) is 59.6 Å². The maximum atomic E-state index is 11.8. The molecule has 0 saturated carbocycles. The van der Waals surface area contributed by atoms with E-state index >= 15 is 0 Å². The number of carbonyl (C=O) groups excluding carboxylic acids is 1. The molecule has 0 amide bonds. The Hall–Kier alpha value is -2.31. The second-order valence-electron chi connectivity index (χ2n) is 5.75. The summed E-state index contributed by atoms with van der Waals surface area (Å²) in [4.78, 5) is 11.8. The van der Waals surface area contributed by atoms with Crippen molar-refractivity contribution in [1.82, 2.24) is 5.32 Å². The highest BCUT2D eigenvalue weighted by Crippen LogP contribution is 2.23. The van der Waals surface area contributed by atoms with Crippen LogP contribution in [0.3, 0.4) is 0 Å². The Morgan fingerprint density at radius 2 is 1.89 bits per heavy atom. The Morgan fingerprint density at radius 1 is 1.19 bits per heavy atom. The summed E-state index contributed by atoms with van der Waals surface area (Å²) in [7, 11) is 1.64. The molecule has 1 unspecified atom stereocenters. The van der Waals surface area contributed by atoms with Gasteiger partial charge in [0.2, 0.25) is 0 Å². The number of methoxy groups -OCH3 is 1. The van der Waals surface area contributed by atoms with E-state index in [1.165, 1.54) is 0 Å². The summed E-state index contributed by atoms with van der Waals surface area (Å²) in [6, 6.07) is 12.9. The zero-order chi connectivity index (χ0) is 19.8. The molecule has 2 N–H and O–H groups in total. The van der Waals surface area contributed by atoms with Gasteiger partial charge in [0.05, 0.1) is 30.3 Å². The van der Waals surface area contributed by atoms with Crippen LogP contribution in [0, 0.1) is 0 Å². The quantitative estimate of drug-likeness (QED) is 0.500. The monoisotopic (exact) mass is 406 g/mol. The summed E-state index contributed by atoms with van der Waals surface area (Å²) in [6.45, 7) is 4.13. The second-order valence-corrected chi connectivity index (χ2v) is 6.56. The van der Waals surface area contributed by atoms with Crippen LogP contribution in [0.15, 0.2) is 42.5 Å². The number of benzene rings is 2. The Bertz CT molecular complexity index is 796. The van der Waals surface area contributed by atoms with Crippen molar-refractivity contribution in [1.29, 1.82) is 0 Å². The molecule has 0 heterocycles. The number of hydrogen-bond donors (Lipinski definition) is 2. The van der Waals surface area contributed by atoms with Crippen LogP contribution in [0.1, 0.15) is 42.2 Å². The summed E-state index contributed by atoms with van der Waals surface area (Å²) in [6.07, 6.45) is 0.858. The molecule has 1 atom stereocenters. The van der Waals surface area contributed by atoms with Gasteiger partial charge in [-0.3, -0.25) is 0 Å². The summed E-state index contributed by atoms with van der Waals surface area (Å²) < 4.78 is 10.2. The van der Waals surface area contributed by atoms with Crippen LogP contribution in [-0.4, -0.2) is 24.8 Å². The normalized spacial score (nSPS) is 11.4. The van der Waals surface area contributed by atoms with Crippen molar-refractivity contribution in [2.24, 2.45) is 0 Å². The van der Waals surface area contributed by atoms with Gasteiger partial charge in [0.15, 0.2) is 5.11 Å². The highest BCUT2D eigenvalue weighted by molar-refractivity contribution is 7.80.